The summed E-state index contributed by atoms with van der Waals surface area (Å²) in [6, 6.07) is 11.6. The van der Waals surface area contributed by atoms with Crippen molar-refractivity contribution in [2.75, 3.05) is 31.2 Å². The summed E-state index contributed by atoms with van der Waals surface area (Å²) in [4.78, 5) is 33.1. The van der Waals surface area contributed by atoms with Gasteiger partial charge in [0.1, 0.15) is 6.33 Å². The van der Waals surface area contributed by atoms with Crippen molar-refractivity contribution in [3.63, 3.8) is 0 Å². The summed E-state index contributed by atoms with van der Waals surface area (Å²) in [6.45, 7) is 0.112. The van der Waals surface area contributed by atoms with Gasteiger partial charge in [0.05, 0.1) is 23.3 Å². The predicted octanol–water partition coefficient (Wildman–Crippen LogP) is 3.41. The van der Waals surface area contributed by atoms with E-state index in [4.69, 9.17) is 14.2 Å². The number of nitrogens with one attached hydrogen (secondary N) is 1. The monoisotopic (exact) mass is 423 g/mol. The number of nitro groups is 1. The molecule has 1 aliphatic rings. The SMILES string of the molecule is COC(=O)c1ccccc1N(C)c1ncnc(Nc2ccc3c(c2)OCO3)c1[N+](=O)[O-]. The Balaban J connectivity index is 1.75. The second-order valence-corrected chi connectivity index (χ2v) is 6.41. The van der Waals surface area contributed by atoms with Crippen molar-refractivity contribution >= 4 is 34.7 Å². The smallest absolute Gasteiger partial charge is 0.354 e. The molecule has 1 aromatic heterocycles. The Labute approximate surface area is 176 Å². The third-order valence-corrected chi connectivity index (χ3v) is 4.61. The van der Waals surface area contributed by atoms with Gasteiger partial charge < -0.3 is 24.4 Å². The summed E-state index contributed by atoms with van der Waals surface area (Å²) < 4.78 is 15.4. The van der Waals surface area contributed by atoms with Crippen LogP contribution in [0.3, 0.4) is 0 Å². The molecule has 1 aliphatic heterocycles. The van der Waals surface area contributed by atoms with E-state index < -0.39 is 10.9 Å². The van der Waals surface area contributed by atoms with E-state index >= 15 is 0 Å². The van der Waals surface area contributed by atoms with Crippen LogP contribution in [-0.2, 0) is 4.74 Å². The number of methoxy groups -OCH3 is 1. The molecule has 3 aromatic rings. The van der Waals surface area contributed by atoms with Crippen molar-refractivity contribution in [1.29, 1.82) is 0 Å². The minimum absolute atomic E-state index is 0.000374. The van der Waals surface area contributed by atoms with Gasteiger partial charge in [-0.05, 0) is 24.3 Å². The van der Waals surface area contributed by atoms with E-state index in [2.05, 4.69) is 15.3 Å². The van der Waals surface area contributed by atoms with Gasteiger partial charge in [-0.3, -0.25) is 10.1 Å². The first kappa shape index (κ1) is 19.9. The molecule has 2 aromatic carbocycles. The Morgan fingerprint density at radius 2 is 1.97 bits per heavy atom. The number of benzene rings is 2. The lowest BCUT2D eigenvalue weighted by atomic mass is 10.1. The maximum Gasteiger partial charge on any atom is 0.354 e. The van der Waals surface area contributed by atoms with E-state index in [1.54, 1.807) is 49.5 Å². The van der Waals surface area contributed by atoms with Crippen molar-refractivity contribution in [2.24, 2.45) is 0 Å². The maximum atomic E-state index is 12.1. The molecule has 0 fully saturated rings. The highest BCUT2D eigenvalue weighted by molar-refractivity contribution is 5.97. The average molecular weight is 423 g/mol. The van der Waals surface area contributed by atoms with Crippen LogP contribution >= 0.6 is 0 Å². The van der Waals surface area contributed by atoms with Crippen molar-refractivity contribution in [3.05, 3.63) is 64.5 Å². The Hall–Kier alpha value is -4.41. The quantitative estimate of drug-likeness (QED) is 0.358. The molecule has 31 heavy (non-hydrogen) atoms. The van der Waals surface area contributed by atoms with Gasteiger partial charge in [-0.15, -0.1) is 0 Å². The third-order valence-electron chi connectivity index (χ3n) is 4.61. The largest absolute Gasteiger partial charge is 0.465 e. The van der Waals surface area contributed by atoms with E-state index in [0.717, 1.165) is 0 Å². The van der Waals surface area contributed by atoms with Crippen LogP contribution in [0.25, 0.3) is 0 Å². The molecule has 0 aliphatic carbocycles. The van der Waals surface area contributed by atoms with Crippen LogP contribution in [0.15, 0.2) is 48.8 Å². The summed E-state index contributed by atoms with van der Waals surface area (Å²) in [6.07, 6.45) is 1.20. The zero-order valence-corrected chi connectivity index (χ0v) is 16.6. The molecule has 0 radical (unpaired) electrons. The van der Waals surface area contributed by atoms with Crippen molar-refractivity contribution in [3.8, 4) is 11.5 Å². The summed E-state index contributed by atoms with van der Waals surface area (Å²) in [5.41, 5.74) is 0.799. The fourth-order valence-electron chi connectivity index (χ4n) is 3.15. The van der Waals surface area contributed by atoms with Crippen LogP contribution in [-0.4, -0.2) is 41.8 Å². The molecule has 158 valence electrons. The summed E-state index contributed by atoms with van der Waals surface area (Å²) in [5, 5.41) is 14.9. The number of rotatable bonds is 6. The van der Waals surface area contributed by atoms with E-state index in [-0.39, 0.29) is 29.7 Å². The van der Waals surface area contributed by atoms with Crippen molar-refractivity contribution < 1.29 is 23.9 Å². The number of anilines is 4. The zero-order chi connectivity index (χ0) is 22.0. The first-order valence-electron chi connectivity index (χ1n) is 9.06. The Bertz CT molecular complexity index is 1170. The number of carbonyl (C=O) groups is 1. The number of carbonyl (C=O) groups excluding carboxylic acids is 1. The van der Waals surface area contributed by atoms with Gasteiger partial charge in [-0.2, -0.15) is 0 Å². The number of ether oxygens (including phenoxy) is 3. The zero-order valence-electron chi connectivity index (χ0n) is 16.6. The highest BCUT2D eigenvalue weighted by Gasteiger charge is 2.28. The Morgan fingerprint density at radius 1 is 1.19 bits per heavy atom. The van der Waals surface area contributed by atoms with E-state index in [9.17, 15) is 14.9 Å². The summed E-state index contributed by atoms with van der Waals surface area (Å²) >= 11 is 0. The predicted molar refractivity (Wildman–Crippen MR) is 110 cm³/mol. The fraction of sp³-hybridized carbons (Fsp3) is 0.150. The number of hydrogen-bond acceptors (Lipinski definition) is 10. The standard InChI is InChI=1S/C20H17N5O6/c1-24(14-6-4-3-5-13(14)20(26)29-2)19-17(25(27)28)18(21-10-22-19)23-12-7-8-15-16(9-12)31-11-30-15/h3-10H,11H2,1-2H3,(H,21,22,23). The van der Waals surface area contributed by atoms with Crippen molar-refractivity contribution in [1.82, 2.24) is 9.97 Å². The van der Waals surface area contributed by atoms with E-state index in [0.29, 0.717) is 22.9 Å². The fourth-order valence-corrected chi connectivity index (χ4v) is 3.15. The molecule has 0 saturated carbocycles. The van der Waals surface area contributed by atoms with E-state index in [1.807, 2.05) is 0 Å². The Kier molecular flexibility index (Phi) is 5.22. The highest BCUT2D eigenvalue weighted by Crippen LogP contribution is 2.39. The maximum absolute atomic E-state index is 12.1. The minimum atomic E-state index is -0.581. The Morgan fingerprint density at radius 3 is 2.74 bits per heavy atom. The molecule has 1 N–H and O–H groups in total. The topological polar surface area (TPSA) is 129 Å². The van der Waals surface area contributed by atoms with Gasteiger partial charge in [0.2, 0.25) is 18.4 Å². The van der Waals surface area contributed by atoms with Crippen LogP contribution in [0.2, 0.25) is 0 Å². The number of esters is 1. The molecule has 0 atom stereocenters. The molecule has 0 spiro atoms. The first-order chi connectivity index (χ1) is 15.0. The normalized spacial score (nSPS) is 11.7. The molecule has 0 saturated heterocycles. The lowest BCUT2D eigenvalue weighted by Gasteiger charge is -2.21. The van der Waals surface area contributed by atoms with Crippen LogP contribution < -0.4 is 19.7 Å². The second kappa shape index (κ2) is 8.14. The van der Waals surface area contributed by atoms with Crippen LogP contribution in [0.5, 0.6) is 11.5 Å². The van der Waals surface area contributed by atoms with Crippen LogP contribution in [0.4, 0.5) is 28.7 Å². The number of aromatic nitrogens is 2. The van der Waals surface area contributed by atoms with E-state index in [1.165, 1.54) is 18.3 Å². The van der Waals surface area contributed by atoms with Gasteiger partial charge >= 0.3 is 11.7 Å². The average Bonchev–Trinajstić information content (AvgIpc) is 3.25. The first-order valence-corrected chi connectivity index (χ1v) is 9.06. The highest BCUT2D eigenvalue weighted by atomic mass is 16.7. The number of fused-ring (bicyclic) bond motifs is 1. The number of nitrogens with zero attached hydrogens (tertiary/aromatic N) is 4. The van der Waals surface area contributed by atoms with Crippen molar-refractivity contribution in [2.45, 2.75) is 0 Å². The van der Waals surface area contributed by atoms with Gasteiger partial charge in [0, 0.05) is 18.8 Å². The molecule has 0 amide bonds. The summed E-state index contributed by atoms with van der Waals surface area (Å²) in [5.74, 6) is 0.516. The van der Waals surface area contributed by atoms with Crippen LogP contribution in [0, 0.1) is 10.1 Å². The molecular formula is C20H17N5O6. The van der Waals surface area contributed by atoms with Gasteiger partial charge in [-0.1, -0.05) is 12.1 Å². The lowest BCUT2D eigenvalue weighted by Crippen LogP contribution is -2.18. The van der Waals surface area contributed by atoms with Gasteiger partial charge in [0.15, 0.2) is 11.5 Å². The molecule has 0 unspecified atom stereocenters. The van der Waals surface area contributed by atoms with Crippen LogP contribution in [0.1, 0.15) is 10.4 Å². The number of hydrogen-bond donors (Lipinski definition) is 1. The molecule has 4 rings (SSSR count). The van der Waals surface area contributed by atoms with Gasteiger partial charge in [0.25, 0.3) is 0 Å². The second-order valence-electron chi connectivity index (χ2n) is 6.41. The minimum Gasteiger partial charge on any atom is -0.465 e. The third kappa shape index (κ3) is 3.75. The van der Waals surface area contributed by atoms with Gasteiger partial charge in [-0.25, -0.2) is 14.8 Å². The molecule has 2 heterocycles. The lowest BCUT2D eigenvalue weighted by molar-refractivity contribution is -0.383. The summed E-state index contributed by atoms with van der Waals surface area (Å²) in [7, 11) is 2.83. The molecule has 11 heteroatoms. The molecular weight excluding hydrogens is 406 g/mol. The molecule has 0 bridgehead atoms. The number of para-hydroxylation sites is 1. The molecule has 11 nitrogen and oxygen atoms in total.